The van der Waals surface area contributed by atoms with Gasteiger partial charge in [0.2, 0.25) is 0 Å². The molecule has 37 heavy (non-hydrogen) atoms. The fraction of sp³-hybridized carbons (Fsp3) is 0.519. The number of carbonyl (C=O) groups excluding carboxylic acids is 1. The van der Waals surface area contributed by atoms with Crippen LogP contribution in [0.3, 0.4) is 0 Å². The highest BCUT2D eigenvalue weighted by atomic mass is 16.7. The van der Waals surface area contributed by atoms with Crippen molar-refractivity contribution < 1.29 is 29.2 Å². The molecule has 0 saturated carbocycles. The Morgan fingerprint density at radius 1 is 1.08 bits per heavy atom. The van der Waals surface area contributed by atoms with Gasteiger partial charge in [-0.05, 0) is 41.8 Å². The van der Waals surface area contributed by atoms with Crippen molar-refractivity contribution >= 4 is 6.09 Å². The molecule has 0 spiro atoms. The minimum absolute atomic E-state index is 0.217. The molecule has 0 aliphatic carbocycles. The summed E-state index contributed by atoms with van der Waals surface area (Å²) in [5.41, 5.74) is 10.8. The summed E-state index contributed by atoms with van der Waals surface area (Å²) in [6.07, 6.45) is -0.708. The Morgan fingerprint density at radius 2 is 1.76 bits per heavy atom. The number of azide groups is 1. The number of rotatable bonds is 13. The molecule has 0 bridgehead atoms. The molecule has 1 fully saturated rings. The standard InChI is InChI=1S/C27H36N4O6/c1-20-24(29-30-28)26(37-23(18-32)25(20)33)35-16-10-4-9-15-31(17-21-11-5-2-6-12-21)27(34)36-19-22-13-7-3-8-14-22/h2-3,5-8,11-14,20,23-26,32-33H,4,9-10,15-19H2,1H3/t20-,23?,24?,25+,26+/m1/s1. The maximum atomic E-state index is 12.8. The van der Waals surface area contributed by atoms with Crippen LogP contribution in [0.2, 0.25) is 0 Å². The zero-order valence-electron chi connectivity index (χ0n) is 21.1. The third-order valence-electron chi connectivity index (χ3n) is 6.45. The minimum atomic E-state index is -0.947. The molecular formula is C27H36N4O6. The molecule has 200 valence electrons. The second-order valence-corrected chi connectivity index (χ2v) is 9.15. The fourth-order valence-corrected chi connectivity index (χ4v) is 4.26. The van der Waals surface area contributed by atoms with E-state index in [1.54, 1.807) is 11.8 Å². The number of nitrogens with zero attached hydrogens (tertiary/aromatic N) is 4. The van der Waals surface area contributed by atoms with Crippen LogP contribution in [-0.4, -0.2) is 65.5 Å². The van der Waals surface area contributed by atoms with Crippen molar-refractivity contribution in [2.24, 2.45) is 11.0 Å². The largest absolute Gasteiger partial charge is 0.445 e. The van der Waals surface area contributed by atoms with E-state index in [1.807, 2.05) is 60.7 Å². The van der Waals surface area contributed by atoms with Gasteiger partial charge in [0.05, 0.1) is 18.8 Å². The Hall–Kier alpha value is -3.14. The van der Waals surface area contributed by atoms with Gasteiger partial charge in [0, 0.05) is 24.6 Å². The van der Waals surface area contributed by atoms with Crippen LogP contribution in [0.25, 0.3) is 10.4 Å². The number of amides is 1. The second-order valence-electron chi connectivity index (χ2n) is 9.15. The average molecular weight is 513 g/mol. The van der Waals surface area contributed by atoms with E-state index in [4.69, 9.17) is 19.7 Å². The first kappa shape index (κ1) is 28.4. The Kier molecular flexibility index (Phi) is 11.7. The van der Waals surface area contributed by atoms with E-state index < -0.39 is 30.5 Å². The van der Waals surface area contributed by atoms with Gasteiger partial charge in [0.25, 0.3) is 0 Å². The predicted molar refractivity (Wildman–Crippen MR) is 137 cm³/mol. The van der Waals surface area contributed by atoms with Gasteiger partial charge in [-0.25, -0.2) is 4.79 Å². The van der Waals surface area contributed by atoms with Gasteiger partial charge < -0.3 is 29.3 Å². The summed E-state index contributed by atoms with van der Waals surface area (Å²) in [5, 5.41) is 23.4. The van der Waals surface area contributed by atoms with Gasteiger partial charge in [-0.3, -0.25) is 0 Å². The van der Waals surface area contributed by atoms with Gasteiger partial charge in [0.1, 0.15) is 12.7 Å². The van der Waals surface area contributed by atoms with Gasteiger partial charge in [-0.2, -0.15) is 0 Å². The van der Waals surface area contributed by atoms with Crippen LogP contribution in [0.5, 0.6) is 0 Å². The number of ether oxygens (including phenoxy) is 3. The van der Waals surface area contributed by atoms with E-state index in [0.717, 1.165) is 24.0 Å². The lowest BCUT2D eigenvalue weighted by atomic mass is 9.89. The van der Waals surface area contributed by atoms with Crippen LogP contribution < -0.4 is 0 Å². The molecule has 1 aliphatic heterocycles. The van der Waals surface area contributed by atoms with Crippen LogP contribution in [0.4, 0.5) is 4.79 Å². The number of benzene rings is 2. The van der Waals surface area contributed by atoms with Gasteiger partial charge in [-0.1, -0.05) is 72.7 Å². The molecular weight excluding hydrogens is 476 g/mol. The summed E-state index contributed by atoms with van der Waals surface area (Å²) >= 11 is 0. The lowest BCUT2D eigenvalue weighted by molar-refractivity contribution is -0.252. The van der Waals surface area contributed by atoms with Crippen LogP contribution >= 0.6 is 0 Å². The van der Waals surface area contributed by atoms with E-state index in [0.29, 0.717) is 26.1 Å². The predicted octanol–water partition coefficient (Wildman–Crippen LogP) is 4.41. The molecule has 0 radical (unpaired) electrons. The first-order valence-corrected chi connectivity index (χ1v) is 12.6. The molecule has 10 heteroatoms. The highest BCUT2D eigenvalue weighted by Gasteiger charge is 2.42. The maximum Gasteiger partial charge on any atom is 0.410 e. The first-order chi connectivity index (χ1) is 18.0. The van der Waals surface area contributed by atoms with Crippen molar-refractivity contribution in [3.05, 3.63) is 82.2 Å². The van der Waals surface area contributed by atoms with Gasteiger partial charge in [-0.15, -0.1) is 0 Å². The highest BCUT2D eigenvalue weighted by molar-refractivity contribution is 5.67. The molecule has 1 aliphatic rings. The van der Waals surface area contributed by atoms with E-state index in [-0.39, 0.29) is 19.3 Å². The molecule has 5 atom stereocenters. The third-order valence-corrected chi connectivity index (χ3v) is 6.45. The topological polar surface area (TPSA) is 137 Å². The molecule has 1 heterocycles. The summed E-state index contributed by atoms with van der Waals surface area (Å²) in [7, 11) is 0. The molecule has 1 amide bonds. The zero-order chi connectivity index (χ0) is 26.5. The number of aliphatic hydroxyl groups excluding tert-OH is 2. The summed E-state index contributed by atoms with van der Waals surface area (Å²) < 4.78 is 17.0. The van der Waals surface area contributed by atoms with Crippen LogP contribution in [-0.2, 0) is 27.4 Å². The Labute approximate surface area is 217 Å². The van der Waals surface area contributed by atoms with Crippen molar-refractivity contribution in [1.82, 2.24) is 4.90 Å². The molecule has 0 aromatic heterocycles. The van der Waals surface area contributed by atoms with Crippen molar-refractivity contribution in [2.45, 2.75) is 63.9 Å². The molecule has 2 aromatic rings. The molecule has 2 N–H and O–H groups in total. The summed E-state index contributed by atoms with van der Waals surface area (Å²) in [6.45, 7) is 2.93. The van der Waals surface area contributed by atoms with Crippen molar-refractivity contribution in [3.8, 4) is 0 Å². The van der Waals surface area contributed by atoms with E-state index >= 15 is 0 Å². The number of hydrogen-bond acceptors (Lipinski definition) is 7. The van der Waals surface area contributed by atoms with Crippen molar-refractivity contribution in [2.75, 3.05) is 19.8 Å². The van der Waals surface area contributed by atoms with Crippen LogP contribution in [0, 0.1) is 5.92 Å². The Balaban J connectivity index is 1.47. The van der Waals surface area contributed by atoms with E-state index in [9.17, 15) is 15.0 Å². The first-order valence-electron chi connectivity index (χ1n) is 12.6. The minimum Gasteiger partial charge on any atom is -0.445 e. The number of carbonyl (C=O) groups is 1. The highest BCUT2D eigenvalue weighted by Crippen LogP contribution is 2.29. The molecule has 2 aromatic carbocycles. The Morgan fingerprint density at radius 3 is 2.41 bits per heavy atom. The summed E-state index contributed by atoms with van der Waals surface area (Å²) in [6, 6.07) is 18.7. The zero-order valence-corrected chi connectivity index (χ0v) is 21.1. The average Bonchev–Trinajstić information content (AvgIpc) is 2.93. The maximum absolute atomic E-state index is 12.8. The van der Waals surface area contributed by atoms with Crippen molar-refractivity contribution in [1.29, 1.82) is 0 Å². The third kappa shape index (κ3) is 8.73. The van der Waals surface area contributed by atoms with Crippen LogP contribution in [0.1, 0.15) is 37.3 Å². The monoisotopic (exact) mass is 512 g/mol. The Bertz CT molecular complexity index is 989. The van der Waals surface area contributed by atoms with E-state index in [1.165, 1.54) is 0 Å². The SMILES string of the molecule is C[C@@H]1C(N=[N+]=[N-])[C@@H](OCCCCCN(Cc2ccccc2)C(=O)OCc2ccccc2)OC(CO)[C@H]1O. The van der Waals surface area contributed by atoms with Crippen molar-refractivity contribution in [3.63, 3.8) is 0 Å². The summed E-state index contributed by atoms with van der Waals surface area (Å²) in [5.74, 6) is -0.416. The molecule has 1 saturated heterocycles. The molecule has 2 unspecified atom stereocenters. The quantitative estimate of drug-likeness (QED) is 0.177. The van der Waals surface area contributed by atoms with E-state index in [2.05, 4.69) is 10.0 Å². The second kappa shape index (κ2) is 15.2. The number of hydrogen-bond donors (Lipinski definition) is 2. The molecule has 10 nitrogen and oxygen atoms in total. The van der Waals surface area contributed by atoms with Gasteiger partial charge in [0.15, 0.2) is 6.29 Å². The lowest BCUT2D eigenvalue weighted by Crippen LogP contribution is -2.54. The number of unbranched alkanes of at least 4 members (excludes halogenated alkanes) is 2. The van der Waals surface area contributed by atoms with Gasteiger partial charge >= 0.3 is 6.09 Å². The normalized spacial score (nSPS) is 23.2. The number of aliphatic hydroxyl groups is 2. The van der Waals surface area contributed by atoms with Crippen LogP contribution in [0.15, 0.2) is 65.8 Å². The fourth-order valence-electron chi connectivity index (χ4n) is 4.26. The lowest BCUT2D eigenvalue weighted by Gasteiger charge is -2.41. The smallest absolute Gasteiger partial charge is 0.410 e. The summed E-state index contributed by atoms with van der Waals surface area (Å²) in [4.78, 5) is 17.4. The molecule has 3 rings (SSSR count).